The van der Waals surface area contributed by atoms with Gasteiger partial charge >= 0.3 is 5.97 Å². The summed E-state index contributed by atoms with van der Waals surface area (Å²) in [6.07, 6.45) is -1.48. The quantitative estimate of drug-likeness (QED) is 0.443. The molecule has 9 heteroatoms. The number of carbonyl (C=O) groups excluding carboxylic acids is 1. The van der Waals surface area contributed by atoms with Crippen LogP contribution in [0.2, 0.25) is 0 Å². The van der Waals surface area contributed by atoms with Gasteiger partial charge in [0.15, 0.2) is 17.6 Å². The summed E-state index contributed by atoms with van der Waals surface area (Å²) in [5, 5.41) is 11.1. The molecule has 30 heavy (non-hydrogen) atoms. The fourth-order valence-corrected chi connectivity index (χ4v) is 4.48. The molecule has 3 aliphatic rings. The molecule has 1 atom stereocenters. The summed E-state index contributed by atoms with van der Waals surface area (Å²) < 4.78 is 17.9. The molecular formula is C21H17N3O6. The second kappa shape index (κ2) is 6.04. The molecular weight excluding hydrogens is 390 g/mol. The molecule has 0 fully saturated rings. The Morgan fingerprint density at radius 1 is 1.10 bits per heavy atom. The predicted octanol–water partition coefficient (Wildman–Crippen LogP) is 0.745. The number of carbonyl (C=O) groups is 1. The maximum absolute atomic E-state index is 13.1. The van der Waals surface area contributed by atoms with Crippen molar-refractivity contribution >= 4 is 16.9 Å². The molecule has 0 spiro atoms. The second-order valence-electron chi connectivity index (χ2n) is 7.50. The van der Waals surface area contributed by atoms with Gasteiger partial charge in [-0.25, -0.2) is 9.78 Å². The van der Waals surface area contributed by atoms with E-state index >= 15 is 0 Å². The summed E-state index contributed by atoms with van der Waals surface area (Å²) in [4.78, 5) is 29.7. The molecule has 3 N–H and O–H groups in total. The van der Waals surface area contributed by atoms with Gasteiger partial charge in [-0.15, -0.1) is 0 Å². The summed E-state index contributed by atoms with van der Waals surface area (Å²) in [5.74, 6) is 0.498. The van der Waals surface area contributed by atoms with E-state index in [-0.39, 0.29) is 29.8 Å². The van der Waals surface area contributed by atoms with Crippen molar-refractivity contribution in [1.82, 2.24) is 9.55 Å². The van der Waals surface area contributed by atoms with Gasteiger partial charge in [0, 0.05) is 29.1 Å². The number of cyclic esters (lactones) is 1. The Labute approximate surface area is 169 Å². The van der Waals surface area contributed by atoms with Crippen LogP contribution in [-0.2, 0) is 29.2 Å². The van der Waals surface area contributed by atoms with E-state index in [0.29, 0.717) is 48.2 Å². The van der Waals surface area contributed by atoms with Crippen molar-refractivity contribution in [2.45, 2.75) is 25.8 Å². The lowest BCUT2D eigenvalue weighted by Gasteiger charge is -2.21. The SMILES string of the molecule is NCc1c2c(nc3cc4c(cc13)OCCO4)-c1cc3c(c(=O)n1C2)COC(=O)C3O. The standard InChI is InChI=1S/C21H17N3O6/c22-6-11-9-4-16-17(29-2-1-28-16)5-14(9)23-18-12(11)7-24-15(18)3-10-13(20(24)26)8-30-21(27)19(10)25/h3-5,19,25H,1-2,6-8,22H2. The average Bonchev–Trinajstić information content (AvgIpc) is 3.12. The van der Waals surface area contributed by atoms with Crippen LogP contribution in [0.5, 0.6) is 11.5 Å². The van der Waals surface area contributed by atoms with Crippen LogP contribution < -0.4 is 20.8 Å². The van der Waals surface area contributed by atoms with E-state index in [1.54, 1.807) is 10.6 Å². The van der Waals surface area contributed by atoms with Gasteiger partial charge in [-0.05, 0) is 17.7 Å². The molecule has 5 heterocycles. The Morgan fingerprint density at radius 3 is 2.63 bits per heavy atom. The highest BCUT2D eigenvalue weighted by Crippen LogP contribution is 2.41. The third-order valence-corrected chi connectivity index (χ3v) is 5.94. The normalized spacial score (nSPS) is 18.6. The zero-order valence-corrected chi connectivity index (χ0v) is 15.8. The number of rotatable bonds is 1. The van der Waals surface area contributed by atoms with Crippen molar-refractivity contribution < 1.29 is 24.1 Å². The number of nitrogens with zero attached hydrogens (tertiary/aromatic N) is 2. The van der Waals surface area contributed by atoms with E-state index in [0.717, 1.165) is 16.5 Å². The molecule has 3 aromatic rings. The van der Waals surface area contributed by atoms with Gasteiger partial charge in [0.05, 0.1) is 29.0 Å². The lowest BCUT2D eigenvalue weighted by Crippen LogP contribution is -2.32. The minimum absolute atomic E-state index is 0.152. The molecule has 152 valence electrons. The summed E-state index contributed by atoms with van der Waals surface area (Å²) in [7, 11) is 0. The Balaban J connectivity index is 1.63. The van der Waals surface area contributed by atoms with E-state index in [1.165, 1.54) is 0 Å². The maximum atomic E-state index is 13.1. The highest BCUT2D eigenvalue weighted by atomic mass is 16.6. The van der Waals surface area contributed by atoms with Crippen LogP contribution in [0.4, 0.5) is 0 Å². The number of hydrogen-bond donors (Lipinski definition) is 2. The van der Waals surface area contributed by atoms with Gasteiger partial charge in [-0.3, -0.25) is 4.79 Å². The topological polar surface area (TPSA) is 126 Å². The van der Waals surface area contributed by atoms with E-state index < -0.39 is 12.1 Å². The average molecular weight is 407 g/mol. The van der Waals surface area contributed by atoms with E-state index in [2.05, 4.69) is 0 Å². The summed E-state index contributed by atoms with van der Waals surface area (Å²) in [6, 6.07) is 5.35. The first kappa shape index (κ1) is 17.4. The zero-order chi connectivity index (χ0) is 20.6. The van der Waals surface area contributed by atoms with Crippen molar-refractivity contribution in [2.75, 3.05) is 13.2 Å². The number of aromatic nitrogens is 2. The summed E-state index contributed by atoms with van der Waals surface area (Å²) >= 11 is 0. The third-order valence-electron chi connectivity index (χ3n) is 5.94. The molecule has 3 aliphatic heterocycles. The van der Waals surface area contributed by atoms with Crippen molar-refractivity contribution in [3.8, 4) is 22.9 Å². The molecule has 0 saturated heterocycles. The van der Waals surface area contributed by atoms with Gasteiger partial charge in [0.25, 0.3) is 5.56 Å². The van der Waals surface area contributed by atoms with Crippen molar-refractivity contribution in [1.29, 1.82) is 0 Å². The van der Waals surface area contributed by atoms with Crippen LogP contribution in [0.1, 0.15) is 28.4 Å². The highest BCUT2D eigenvalue weighted by Gasteiger charge is 2.34. The largest absolute Gasteiger partial charge is 0.486 e. The van der Waals surface area contributed by atoms with E-state index in [1.807, 2.05) is 12.1 Å². The Hall–Kier alpha value is -3.43. The number of aliphatic hydroxyl groups excluding tert-OH is 1. The number of pyridine rings is 2. The predicted molar refractivity (Wildman–Crippen MR) is 104 cm³/mol. The Kier molecular flexibility index (Phi) is 3.51. The molecule has 0 aliphatic carbocycles. The van der Waals surface area contributed by atoms with Crippen molar-refractivity contribution in [3.05, 3.63) is 50.8 Å². The third kappa shape index (κ3) is 2.21. The Bertz CT molecular complexity index is 1330. The zero-order valence-electron chi connectivity index (χ0n) is 15.8. The van der Waals surface area contributed by atoms with E-state index in [9.17, 15) is 14.7 Å². The fourth-order valence-electron chi connectivity index (χ4n) is 4.48. The minimum Gasteiger partial charge on any atom is -0.486 e. The lowest BCUT2D eigenvalue weighted by atomic mass is 9.98. The lowest BCUT2D eigenvalue weighted by molar-refractivity contribution is -0.157. The summed E-state index contributed by atoms with van der Waals surface area (Å²) in [5.41, 5.74) is 9.94. The number of hydrogen-bond acceptors (Lipinski definition) is 8. The fraction of sp³-hybridized carbons (Fsp3) is 0.286. The van der Waals surface area contributed by atoms with Crippen LogP contribution in [-0.4, -0.2) is 33.8 Å². The Morgan fingerprint density at radius 2 is 1.87 bits per heavy atom. The molecule has 2 aromatic heterocycles. The molecule has 6 rings (SSSR count). The van der Waals surface area contributed by atoms with Gasteiger partial charge < -0.3 is 29.6 Å². The molecule has 0 amide bonds. The summed E-state index contributed by atoms with van der Waals surface area (Å²) in [6.45, 7) is 1.36. The van der Waals surface area contributed by atoms with Crippen molar-refractivity contribution in [3.63, 3.8) is 0 Å². The smallest absolute Gasteiger partial charge is 0.340 e. The molecule has 1 unspecified atom stereocenters. The number of esters is 1. The van der Waals surface area contributed by atoms with Gasteiger partial charge in [0.2, 0.25) is 0 Å². The molecule has 0 bridgehead atoms. The molecule has 1 aromatic carbocycles. The second-order valence-corrected chi connectivity index (χ2v) is 7.50. The minimum atomic E-state index is -1.48. The van der Waals surface area contributed by atoms with E-state index in [4.69, 9.17) is 24.9 Å². The van der Waals surface area contributed by atoms with Gasteiger partial charge in [-0.1, -0.05) is 0 Å². The highest BCUT2D eigenvalue weighted by molar-refractivity contribution is 5.91. The van der Waals surface area contributed by atoms with Gasteiger partial charge in [0.1, 0.15) is 19.8 Å². The van der Waals surface area contributed by atoms with Gasteiger partial charge in [-0.2, -0.15) is 0 Å². The number of ether oxygens (including phenoxy) is 3. The maximum Gasteiger partial charge on any atom is 0.340 e. The first-order valence-electron chi connectivity index (χ1n) is 9.63. The number of aliphatic hydroxyl groups is 1. The first-order valence-corrected chi connectivity index (χ1v) is 9.63. The molecule has 9 nitrogen and oxygen atoms in total. The number of fused-ring (bicyclic) bond motifs is 6. The van der Waals surface area contributed by atoms with Crippen LogP contribution in [0, 0.1) is 0 Å². The molecule has 0 radical (unpaired) electrons. The van der Waals surface area contributed by atoms with Crippen LogP contribution in [0.25, 0.3) is 22.3 Å². The number of benzene rings is 1. The molecule has 0 saturated carbocycles. The number of nitrogens with two attached hydrogens (primary N) is 1. The first-order chi connectivity index (χ1) is 14.6. The van der Waals surface area contributed by atoms with Crippen molar-refractivity contribution in [2.24, 2.45) is 5.73 Å². The van der Waals surface area contributed by atoms with Crippen LogP contribution in [0.15, 0.2) is 23.0 Å². The van der Waals surface area contributed by atoms with Crippen LogP contribution >= 0.6 is 0 Å². The van der Waals surface area contributed by atoms with Crippen LogP contribution in [0.3, 0.4) is 0 Å². The monoisotopic (exact) mass is 407 g/mol.